The van der Waals surface area contributed by atoms with E-state index in [0.717, 1.165) is 19.5 Å². The van der Waals surface area contributed by atoms with Crippen molar-refractivity contribution in [2.24, 2.45) is 0 Å². The Kier molecular flexibility index (Phi) is 6.06. The number of hydrogen-bond donors (Lipinski definition) is 1. The summed E-state index contributed by atoms with van der Waals surface area (Å²) in [5.74, 6) is 0.327. The lowest BCUT2D eigenvalue weighted by Crippen LogP contribution is -2.52. The molecule has 2 amide bonds. The third-order valence-electron chi connectivity index (χ3n) is 5.04. The third-order valence-corrected chi connectivity index (χ3v) is 5.04. The van der Waals surface area contributed by atoms with E-state index in [9.17, 15) is 9.59 Å². The van der Waals surface area contributed by atoms with Gasteiger partial charge in [0.1, 0.15) is 0 Å². The average Bonchev–Trinajstić information content (AvgIpc) is 2.81. The van der Waals surface area contributed by atoms with Gasteiger partial charge >= 0.3 is 0 Å². The highest BCUT2D eigenvalue weighted by atomic mass is 35.5. The molecule has 3 saturated heterocycles. The molecule has 126 valence electrons. The number of fused-ring (bicyclic) bond motifs is 2. The van der Waals surface area contributed by atoms with Gasteiger partial charge in [-0.25, -0.2) is 0 Å². The van der Waals surface area contributed by atoms with Crippen LogP contribution in [0.5, 0.6) is 0 Å². The molecule has 0 spiro atoms. The molecule has 3 fully saturated rings. The highest BCUT2D eigenvalue weighted by molar-refractivity contribution is 5.85. The normalized spacial score (nSPS) is 29.0. The first kappa shape index (κ1) is 17.5. The zero-order valence-corrected chi connectivity index (χ0v) is 14.1. The fourth-order valence-electron chi connectivity index (χ4n) is 3.72. The Labute approximate surface area is 138 Å². The summed E-state index contributed by atoms with van der Waals surface area (Å²) >= 11 is 0. The van der Waals surface area contributed by atoms with Gasteiger partial charge in [-0.3, -0.25) is 14.5 Å². The smallest absolute Gasteiger partial charge is 0.236 e. The van der Waals surface area contributed by atoms with Crippen LogP contribution in [0.3, 0.4) is 0 Å². The van der Waals surface area contributed by atoms with Gasteiger partial charge in [-0.2, -0.15) is 0 Å². The van der Waals surface area contributed by atoms with Crippen LogP contribution in [0.2, 0.25) is 0 Å². The molecule has 0 aliphatic carbocycles. The Bertz CT molecular complexity index is 412. The molecule has 0 radical (unpaired) electrons. The van der Waals surface area contributed by atoms with Gasteiger partial charge in [0.25, 0.3) is 0 Å². The van der Waals surface area contributed by atoms with Gasteiger partial charge in [-0.05, 0) is 19.3 Å². The summed E-state index contributed by atoms with van der Waals surface area (Å²) < 4.78 is 0. The predicted molar refractivity (Wildman–Crippen MR) is 87.1 cm³/mol. The molecule has 6 nitrogen and oxygen atoms in total. The Balaban J connectivity index is 0.00000176. The van der Waals surface area contributed by atoms with Gasteiger partial charge in [0.15, 0.2) is 0 Å². The van der Waals surface area contributed by atoms with E-state index in [0.29, 0.717) is 44.8 Å². The number of nitrogens with zero attached hydrogens (tertiary/aromatic N) is 3. The van der Waals surface area contributed by atoms with Gasteiger partial charge in [0.2, 0.25) is 11.8 Å². The minimum absolute atomic E-state index is 0. The summed E-state index contributed by atoms with van der Waals surface area (Å²) in [6, 6.07) is 1.23. The second-order valence-corrected chi connectivity index (χ2v) is 6.55. The lowest BCUT2D eigenvalue weighted by atomic mass is 10.1. The van der Waals surface area contributed by atoms with E-state index in [4.69, 9.17) is 0 Å². The molecule has 1 N–H and O–H groups in total. The van der Waals surface area contributed by atoms with E-state index < -0.39 is 0 Å². The number of rotatable bonds is 2. The minimum Gasteiger partial charge on any atom is -0.339 e. The van der Waals surface area contributed by atoms with E-state index in [1.54, 1.807) is 6.92 Å². The monoisotopic (exact) mass is 330 g/mol. The maximum absolute atomic E-state index is 12.4. The zero-order valence-electron chi connectivity index (χ0n) is 13.3. The number of nitrogens with one attached hydrogen (secondary N) is 1. The summed E-state index contributed by atoms with van der Waals surface area (Å²) in [5.41, 5.74) is 0. The molecule has 3 rings (SSSR count). The molecule has 0 saturated carbocycles. The molecule has 3 aliphatic rings. The zero-order chi connectivity index (χ0) is 14.8. The quantitative estimate of drug-likeness (QED) is 0.770. The molecule has 7 heteroatoms. The van der Waals surface area contributed by atoms with Crippen molar-refractivity contribution >= 4 is 24.2 Å². The second-order valence-electron chi connectivity index (χ2n) is 6.55. The van der Waals surface area contributed by atoms with Crippen molar-refractivity contribution in [2.45, 2.75) is 38.3 Å². The Morgan fingerprint density at radius 2 is 1.59 bits per heavy atom. The van der Waals surface area contributed by atoms with Crippen LogP contribution < -0.4 is 5.32 Å². The molecule has 0 aromatic heterocycles. The van der Waals surface area contributed by atoms with Crippen LogP contribution in [-0.2, 0) is 9.59 Å². The number of carbonyl (C=O) groups is 2. The average molecular weight is 331 g/mol. The molecule has 2 bridgehead atoms. The molecule has 3 heterocycles. The van der Waals surface area contributed by atoms with Crippen molar-refractivity contribution in [2.75, 3.05) is 45.8 Å². The van der Waals surface area contributed by atoms with Crippen LogP contribution in [0, 0.1) is 0 Å². The van der Waals surface area contributed by atoms with E-state index in [1.807, 2.05) is 9.80 Å². The van der Waals surface area contributed by atoms with Crippen LogP contribution in [0.1, 0.15) is 26.2 Å². The van der Waals surface area contributed by atoms with Crippen molar-refractivity contribution in [1.82, 2.24) is 20.0 Å². The maximum Gasteiger partial charge on any atom is 0.236 e. The highest BCUT2D eigenvalue weighted by Gasteiger charge is 2.31. The first-order valence-corrected chi connectivity index (χ1v) is 8.13. The summed E-state index contributed by atoms with van der Waals surface area (Å²) in [4.78, 5) is 29.8. The van der Waals surface area contributed by atoms with Gasteiger partial charge in [0.05, 0.1) is 6.54 Å². The highest BCUT2D eigenvalue weighted by Crippen LogP contribution is 2.20. The first-order chi connectivity index (χ1) is 10.1. The molecule has 0 aromatic rings. The Morgan fingerprint density at radius 3 is 2.27 bits per heavy atom. The number of piperazine rings is 1. The number of likely N-dealkylation sites (tertiary alicyclic amines) is 1. The summed E-state index contributed by atoms with van der Waals surface area (Å²) in [6.07, 6.45) is 3.69. The van der Waals surface area contributed by atoms with Gasteiger partial charge in [-0.15, -0.1) is 12.4 Å². The fourth-order valence-corrected chi connectivity index (χ4v) is 3.72. The fraction of sp³-hybridized carbons (Fsp3) is 0.867. The van der Waals surface area contributed by atoms with Crippen molar-refractivity contribution in [3.05, 3.63) is 0 Å². The maximum atomic E-state index is 12.4. The molecule has 2 unspecified atom stereocenters. The second kappa shape index (κ2) is 7.62. The predicted octanol–water partition coefficient (Wildman–Crippen LogP) is -0.0748. The largest absolute Gasteiger partial charge is 0.339 e. The van der Waals surface area contributed by atoms with Crippen LogP contribution >= 0.6 is 12.4 Å². The van der Waals surface area contributed by atoms with Crippen LogP contribution in [0.15, 0.2) is 0 Å². The molecular formula is C15H27ClN4O2. The topological polar surface area (TPSA) is 55.9 Å². The standard InChI is InChI=1S/C15H26N4O2.ClH/c1-12(20)18-6-8-19(9-7-18)15(21)11-17-5-4-13-2-3-14(10-17)16-13;/h13-14,16H,2-11H2,1H3;1H. The summed E-state index contributed by atoms with van der Waals surface area (Å²) in [5, 5.41) is 3.64. The lowest BCUT2D eigenvalue weighted by Gasteiger charge is -2.35. The Hall–Kier alpha value is -0.850. The van der Waals surface area contributed by atoms with Crippen LogP contribution in [0.4, 0.5) is 0 Å². The van der Waals surface area contributed by atoms with Crippen LogP contribution in [0.25, 0.3) is 0 Å². The molecule has 2 atom stereocenters. The van der Waals surface area contributed by atoms with Gasteiger partial charge < -0.3 is 15.1 Å². The van der Waals surface area contributed by atoms with Crippen molar-refractivity contribution in [3.8, 4) is 0 Å². The third kappa shape index (κ3) is 4.12. The van der Waals surface area contributed by atoms with E-state index >= 15 is 0 Å². The van der Waals surface area contributed by atoms with Crippen molar-refractivity contribution in [3.63, 3.8) is 0 Å². The SMILES string of the molecule is CC(=O)N1CCN(C(=O)CN2CCC3CCC(C2)N3)CC1.Cl. The van der Waals surface area contributed by atoms with Crippen molar-refractivity contribution in [1.29, 1.82) is 0 Å². The van der Waals surface area contributed by atoms with Gasteiger partial charge in [0, 0.05) is 58.3 Å². The number of amides is 2. The summed E-state index contributed by atoms with van der Waals surface area (Å²) in [7, 11) is 0. The van der Waals surface area contributed by atoms with E-state index in [1.165, 1.54) is 12.8 Å². The number of carbonyl (C=O) groups excluding carboxylic acids is 2. The van der Waals surface area contributed by atoms with Gasteiger partial charge in [-0.1, -0.05) is 0 Å². The lowest BCUT2D eigenvalue weighted by molar-refractivity contribution is -0.139. The summed E-state index contributed by atoms with van der Waals surface area (Å²) in [6.45, 7) is 6.85. The Morgan fingerprint density at radius 1 is 0.955 bits per heavy atom. The molecule has 0 aromatic carbocycles. The van der Waals surface area contributed by atoms with Crippen molar-refractivity contribution < 1.29 is 9.59 Å². The number of halogens is 1. The number of hydrogen-bond acceptors (Lipinski definition) is 4. The molecule has 22 heavy (non-hydrogen) atoms. The minimum atomic E-state index is 0. The van der Waals surface area contributed by atoms with E-state index in [2.05, 4.69) is 10.2 Å². The molecule has 3 aliphatic heterocycles. The van der Waals surface area contributed by atoms with E-state index in [-0.39, 0.29) is 24.2 Å². The molecular weight excluding hydrogens is 304 g/mol. The first-order valence-electron chi connectivity index (χ1n) is 8.13. The van der Waals surface area contributed by atoms with Crippen LogP contribution in [-0.4, -0.2) is 84.4 Å².